The summed E-state index contributed by atoms with van der Waals surface area (Å²) in [6, 6.07) is 10.8. The van der Waals surface area contributed by atoms with Gasteiger partial charge in [-0.25, -0.2) is 0 Å². The molecule has 0 aliphatic carbocycles. The summed E-state index contributed by atoms with van der Waals surface area (Å²) < 4.78 is 17.4. The Balaban J connectivity index is 1.51. The van der Waals surface area contributed by atoms with E-state index >= 15 is 0 Å². The van der Waals surface area contributed by atoms with E-state index in [1.54, 1.807) is 23.1 Å². The fourth-order valence-corrected chi connectivity index (χ4v) is 5.02. The van der Waals surface area contributed by atoms with Gasteiger partial charge in [-0.05, 0) is 76.9 Å². The molecule has 2 heterocycles. The average molecular weight is 555 g/mol. The Kier molecular flexibility index (Phi) is 9.89. The fourth-order valence-electron chi connectivity index (χ4n) is 5.02. The number of carbonyl (C=O) groups excluding carboxylic acids is 2. The Bertz CT molecular complexity index is 1190. The molecule has 2 N–H and O–H groups in total. The first-order valence-electron chi connectivity index (χ1n) is 13.9. The number of nitrogens with one attached hydrogen (secondary N) is 1. The quantitative estimate of drug-likeness (QED) is 0.437. The van der Waals surface area contributed by atoms with Gasteiger partial charge >= 0.3 is 0 Å². The van der Waals surface area contributed by atoms with Crippen LogP contribution in [0.4, 0.5) is 5.69 Å². The maximum absolute atomic E-state index is 13.7. The van der Waals surface area contributed by atoms with E-state index in [9.17, 15) is 14.7 Å². The van der Waals surface area contributed by atoms with E-state index in [-0.39, 0.29) is 43.3 Å². The van der Waals surface area contributed by atoms with Crippen molar-refractivity contribution in [2.45, 2.75) is 45.4 Å². The molecule has 0 radical (unpaired) electrons. The van der Waals surface area contributed by atoms with Crippen LogP contribution >= 0.6 is 0 Å². The molecule has 2 aromatic carbocycles. The molecular weight excluding hydrogens is 512 g/mol. The van der Waals surface area contributed by atoms with E-state index in [1.165, 1.54) is 0 Å². The van der Waals surface area contributed by atoms with Gasteiger partial charge in [0, 0.05) is 37.7 Å². The Morgan fingerprint density at radius 3 is 2.62 bits per heavy atom. The number of benzene rings is 2. The van der Waals surface area contributed by atoms with Crippen molar-refractivity contribution in [3.05, 3.63) is 47.5 Å². The SMILES string of the molecule is C[C@@H]1CN([C@H](C)CO)C(=O)c2cc(NC(=O)CCCN(C)C)ccc2O[C@H]1CN(C)Cc1ccc2c(c1)OCO2. The molecule has 0 fully saturated rings. The second-order valence-corrected chi connectivity index (χ2v) is 11.2. The molecular formula is C30H42N4O6. The lowest BCUT2D eigenvalue weighted by Crippen LogP contribution is -2.49. The fraction of sp³-hybridized carbons (Fsp3) is 0.533. The highest BCUT2D eigenvalue weighted by Crippen LogP contribution is 2.33. The number of aliphatic hydroxyl groups is 1. The van der Waals surface area contributed by atoms with Gasteiger partial charge in [-0.15, -0.1) is 0 Å². The molecule has 0 saturated heterocycles. The highest BCUT2D eigenvalue weighted by atomic mass is 16.7. The molecule has 4 rings (SSSR count). The number of amides is 2. The number of hydrogen-bond donors (Lipinski definition) is 2. The average Bonchev–Trinajstić information content (AvgIpc) is 3.38. The van der Waals surface area contributed by atoms with Gasteiger partial charge in [0.05, 0.1) is 18.2 Å². The Morgan fingerprint density at radius 2 is 1.88 bits per heavy atom. The second-order valence-electron chi connectivity index (χ2n) is 11.2. The summed E-state index contributed by atoms with van der Waals surface area (Å²) in [6.45, 7) is 6.56. The number of rotatable bonds is 11. The lowest BCUT2D eigenvalue weighted by molar-refractivity contribution is -0.116. The van der Waals surface area contributed by atoms with Gasteiger partial charge in [0.25, 0.3) is 5.91 Å². The van der Waals surface area contributed by atoms with Crippen LogP contribution < -0.4 is 19.5 Å². The molecule has 10 nitrogen and oxygen atoms in total. The summed E-state index contributed by atoms with van der Waals surface area (Å²) in [6.07, 6.45) is 0.918. The zero-order chi connectivity index (χ0) is 28.8. The number of aliphatic hydroxyl groups excluding tert-OH is 1. The van der Waals surface area contributed by atoms with Crippen LogP contribution in [0.1, 0.15) is 42.6 Å². The van der Waals surface area contributed by atoms with Crippen molar-refractivity contribution >= 4 is 17.5 Å². The van der Waals surface area contributed by atoms with Crippen LogP contribution in [0, 0.1) is 5.92 Å². The van der Waals surface area contributed by atoms with Gasteiger partial charge in [-0.2, -0.15) is 0 Å². The van der Waals surface area contributed by atoms with Crippen LogP contribution in [0.25, 0.3) is 0 Å². The molecule has 0 spiro atoms. The monoisotopic (exact) mass is 554 g/mol. The number of likely N-dealkylation sites (N-methyl/N-ethyl adjacent to an activating group) is 1. The van der Waals surface area contributed by atoms with Crippen molar-refractivity contribution < 1.29 is 28.9 Å². The van der Waals surface area contributed by atoms with Crippen LogP contribution in [0.5, 0.6) is 17.2 Å². The summed E-state index contributed by atoms with van der Waals surface area (Å²) in [7, 11) is 5.98. The predicted octanol–water partition coefficient (Wildman–Crippen LogP) is 3.05. The molecule has 3 atom stereocenters. The third-order valence-corrected chi connectivity index (χ3v) is 7.34. The second kappa shape index (κ2) is 13.3. The number of carbonyl (C=O) groups is 2. The van der Waals surface area contributed by atoms with Gasteiger partial charge < -0.3 is 34.4 Å². The maximum atomic E-state index is 13.7. The first-order valence-corrected chi connectivity index (χ1v) is 13.9. The Hall–Kier alpha value is -3.34. The molecule has 0 bridgehead atoms. The molecule has 2 amide bonds. The molecule has 2 aliphatic rings. The van der Waals surface area contributed by atoms with E-state index in [1.807, 2.05) is 51.2 Å². The van der Waals surface area contributed by atoms with Crippen molar-refractivity contribution in [2.75, 3.05) is 59.5 Å². The van der Waals surface area contributed by atoms with Gasteiger partial charge in [0.15, 0.2) is 11.5 Å². The third kappa shape index (κ3) is 7.44. The third-order valence-electron chi connectivity index (χ3n) is 7.34. The van der Waals surface area contributed by atoms with Crippen molar-refractivity contribution in [1.82, 2.24) is 14.7 Å². The number of nitrogens with zero attached hydrogens (tertiary/aromatic N) is 3. The number of fused-ring (bicyclic) bond motifs is 2. The molecule has 10 heteroatoms. The largest absolute Gasteiger partial charge is 0.488 e. The van der Waals surface area contributed by atoms with E-state index in [0.717, 1.165) is 30.0 Å². The minimum Gasteiger partial charge on any atom is -0.488 e. The zero-order valence-corrected chi connectivity index (χ0v) is 24.2. The smallest absolute Gasteiger partial charge is 0.258 e. The molecule has 0 saturated carbocycles. The molecule has 218 valence electrons. The Morgan fingerprint density at radius 1 is 1.12 bits per heavy atom. The summed E-state index contributed by atoms with van der Waals surface area (Å²) in [5.41, 5.74) is 2.02. The predicted molar refractivity (Wildman–Crippen MR) is 153 cm³/mol. The van der Waals surface area contributed by atoms with Crippen LogP contribution in [-0.2, 0) is 11.3 Å². The lowest BCUT2D eigenvalue weighted by atomic mass is 9.99. The molecule has 0 unspecified atom stereocenters. The van der Waals surface area contributed by atoms with Crippen LogP contribution in [0.2, 0.25) is 0 Å². The van der Waals surface area contributed by atoms with E-state index in [2.05, 4.69) is 17.1 Å². The van der Waals surface area contributed by atoms with Crippen molar-refractivity contribution in [3.63, 3.8) is 0 Å². The number of hydrogen-bond acceptors (Lipinski definition) is 8. The number of anilines is 1. The molecule has 2 aromatic rings. The van der Waals surface area contributed by atoms with Gasteiger partial charge in [-0.1, -0.05) is 13.0 Å². The zero-order valence-electron chi connectivity index (χ0n) is 24.2. The summed E-state index contributed by atoms with van der Waals surface area (Å²) in [5, 5.41) is 12.8. The highest BCUT2D eigenvalue weighted by Gasteiger charge is 2.33. The van der Waals surface area contributed by atoms with E-state index < -0.39 is 0 Å². The summed E-state index contributed by atoms with van der Waals surface area (Å²) >= 11 is 0. The maximum Gasteiger partial charge on any atom is 0.258 e. The van der Waals surface area contributed by atoms with Crippen LogP contribution in [-0.4, -0.2) is 97.9 Å². The van der Waals surface area contributed by atoms with Gasteiger partial charge in [-0.3, -0.25) is 14.5 Å². The summed E-state index contributed by atoms with van der Waals surface area (Å²) in [4.78, 5) is 32.1. The summed E-state index contributed by atoms with van der Waals surface area (Å²) in [5.74, 6) is 1.66. The van der Waals surface area contributed by atoms with Crippen LogP contribution in [0.3, 0.4) is 0 Å². The van der Waals surface area contributed by atoms with Gasteiger partial charge in [0.1, 0.15) is 11.9 Å². The van der Waals surface area contributed by atoms with Crippen molar-refractivity contribution in [1.29, 1.82) is 0 Å². The van der Waals surface area contributed by atoms with E-state index in [0.29, 0.717) is 43.1 Å². The number of ether oxygens (including phenoxy) is 3. The molecule has 2 aliphatic heterocycles. The minimum absolute atomic E-state index is 0.00128. The van der Waals surface area contributed by atoms with Crippen LogP contribution in [0.15, 0.2) is 36.4 Å². The highest BCUT2D eigenvalue weighted by molar-refractivity contribution is 5.99. The van der Waals surface area contributed by atoms with E-state index in [4.69, 9.17) is 14.2 Å². The minimum atomic E-state index is -0.364. The first kappa shape index (κ1) is 29.6. The lowest BCUT2D eigenvalue weighted by Gasteiger charge is -2.38. The standard InChI is InChI=1S/C30H42N4O6/c1-20-15-34(21(2)18-35)30(37)24-14-23(31-29(36)7-6-12-32(3)4)9-11-25(24)40-28(20)17-33(5)16-22-8-10-26-27(13-22)39-19-38-26/h8-11,13-14,20-21,28,35H,6-7,12,15-19H2,1-5H3,(H,31,36)/t20-,21-,28+/m1/s1. The van der Waals surface area contributed by atoms with Crippen molar-refractivity contribution in [2.24, 2.45) is 5.92 Å². The first-order chi connectivity index (χ1) is 19.1. The Labute approximate surface area is 236 Å². The van der Waals surface area contributed by atoms with Crippen molar-refractivity contribution in [3.8, 4) is 17.2 Å². The normalized spacial score (nSPS) is 19.2. The molecule has 0 aromatic heterocycles. The van der Waals surface area contributed by atoms with Gasteiger partial charge in [0.2, 0.25) is 12.7 Å². The topological polar surface area (TPSA) is 104 Å². The molecule has 40 heavy (non-hydrogen) atoms.